The molecule has 84 valence electrons. The molecule has 2 nitrogen and oxygen atoms in total. The molecule has 0 bridgehead atoms. The molecular formula is C10H12BrFO2S. The highest BCUT2D eigenvalue weighted by Gasteiger charge is 2.17. The maximum atomic E-state index is 13.2. The number of sulfone groups is 1. The van der Waals surface area contributed by atoms with Gasteiger partial charge in [0.05, 0.1) is 5.75 Å². The van der Waals surface area contributed by atoms with Crippen LogP contribution < -0.4 is 0 Å². The second-order valence-corrected chi connectivity index (χ2v) is 6.02. The van der Waals surface area contributed by atoms with Gasteiger partial charge >= 0.3 is 0 Å². The summed E-state index contributed by atoms with van der Waals surface area (Å²) in [5, 5.41) is 0.764. The van der Waals surface area contributed by atoms with Crippen molar-refractivity contribution in [2.24, 2.45) is 0 Å². The summed E-state index contributed by atoms with van der Waals surface area (Å²) < 4.78 is 36.6. The van der Waals surface area contributed by atoms with Crippen molar-refractivity contribution in [3.63, 3.8) is 0 Å². The molecule has 0 aromatic heterocycles. The van der Waals surface area contributed by atoms with Crippen molar-refractivity contribution in [1.82, 2.24) is 0 Å². The third-order valence-corrected chi connectivity index (χ3v) is 4.36. The zero-order chi connectivity index (χ0) is 11.3. The maximum absolute atomic E-state index is 13.2. The molecular weight excluding hydrogens is 283 g/mol. The van der Waals surface area contributed by atoms with Crippen LogP contribution >= 0.6 is 15.9 Å². The number of rotatable bonds is 5. The van der Waals surface area contributed by atoms with E-state index in [9.17, 15) is 12.8 Å². The number of alkyl halides is 1. The smallest absolute Gasteiger partial charge is 0.181 e. The van der Waals surface area contributed by atoms with Gasteiger partial charge in [-0.05, 0) is 25.0 Å². The fourth-order valence-corrected chi connectivity index (χ4v) is 3.05. The lowest BCUT2D eigenvalue weighted by Crippen LogP contribution is -2.08. The molecule has 0 aliphatic heterocycles. The minimum absolute atomic E-state index is 0.000463. The molecule has 1 aromatic rings. The lowest BCUT2D eigenvalue weighted by molar-refractivity contribution is 0.565. The van der Waals surface area contributed by atoms with E-state index in [4.69, 9.17) is 0 Å². The molecule has 0 saturated carbocycles. The SMILES string of the molecule is O=S(=O)(CCCCBr)c1ccccc1F. The van der Waals surface area contributed by atoms with E-state index in [0.717, 1.165) is 17.8 Å². The van der Waals surface area contributed by atoms with Crippen molar-refractivity contribution in [3.8, 4) is 0 Å². The molecule has 0 saturated heterocycles. The second kappa shape index (κ2) is 5.61. The summed E-state index contributed by atoms with van der Waals surface area (Å²) in [6.45, 7) is 0. The number of unbranched alkanes of at least 4 members (excludes halogenated alkanes) is 1. The Balaban J connectivity index is 2.83. The third kappa shape index (κ3) is 3.57. The van der Waals surface area contributed by atoms with Gasteiger partial charge in [0.15, 0.2) is 9.84 Å². The van der Waals surface area contributed by atoms with Crippen LogP contribution in [-0.4, -0.2) is 19.5 Å². The topological polar surface area (TPSA) is 34.1 Å². The van der Waals surface area contributed by atoms with Crippen LogP contribution in [0.4, 0.5) is 4.39 Å². The normalized spacial score (nSPS) is 11.6. The number of halogens is 2. The van der Waals surface area contributed by atoms with E-state index in [2.05, 4.69) is 15.9 Å². The van der Waals surface area contributed by atoms with Gasteiger partial charge in [-0.1, -0.05) is 28.1 Å². The monoisotopic (exact) mass is 294 g/mol. The van der Waals surface area contributed by atoms with Gasteiger partial charge in [0.2, 0.25) is 0 Å². The third-order valence-electron chi connectivity index (χ3n) is 1.97. The van der Waals surface area contributed by atoms with Crippen molar-refractivity contribution < 1.29 is 12.8 Å². The molecule has 0 atom stereocenters. The highest BCUT2D eigenvalue weighted by Crippen LogP contribution is 2.16. The first kappa shape index (κ1) is 12.6. The molecule has 0 fully saturated rings. The largest absolute Gasteiger partial charge is 0.224 e. The molecule has 0 N–H and O–H groups in total. The van der Waals surface area contributed by atoms with E-state index in [-0.39, 0.29) is 10.6 Å². The fraction of sp³-hybridized carbons (Fsp3) is 0.400. The predicted molar refractivity (Wildman–Crippen MR) is 61.5 cm³/mol. The summed E-state index contributed by atoms with van der Waals surface area (Å²) in [4.78, 5) is -0.195. The quantitative estimate of drug-likeness (QED) is 0.618. The molecule has 0 aliphatic rings. The van der Waals surface area contributed by atoms with Gasteiger partial charge in [-0.2, -0.15) is 0 Å². The van der Waals surface area contributed by atoms with Crippen LogP contribution in [0.2, 0.25) is 0 Å². The van der Waals surface area contributed by atoms with Crippen LogP contribution in [-0.2, 0) is 9.84 Å². The molecule has 0 spiro atoms. The first-order valence-electron chi connectivity index (χ1n) is 4.61. The summed E-state index contributed by atoms with van der Waals surface area (Å²) in [5.74, 6) is -0.671. The molecule has 0 unspecified atom stereocenters. The van der Waals surface area contributed by atoms with Crippen molar-refractivity contribution >= 4 is 25.8 Å². The molecule has 0 heterocycles. The van der Waals surface area contributed by atoms with E-state index in [1.165, 1.54) is 18.2 Å². The lowest BCUT2D eigenvalue weighted by Gasteiger charge is -2.04. The molecule has 5 heteroatoms. The van der Waals surface area contributed by atoms with Gasteiger partial charge < -0.3 is 0 Å². The van der Waals surface area contributed by atoms with Crippen LogP contribution in [0, 0.1) is 5.82 Å². The van der Waals surface area contributed by atoms with Crippen LogP contribution in [0.5, 0.6) is 0 Å². The Morgan fingerprint density at radius 2 is 1.87 bits per heavy atom. The average Bonchev–Trinajstić information content (AvgIpc) is 2.18. The van der Waals surface area contributed by atoms with E-state index >= 15 is 0 Å². The number of hydrogen-bond donors (Lipinski definition) is 0. The summed E-state index contributed by atoms with van der Waals surface area (Å²) >= 11 is 3.22. The Bertz CT molecular complexity index is 417. The minimum Gasteiger partial charge on any atom is -0.224 e. The van der Waals surface area contributed by atoms with Gasteiger partial charge in [-0.25, -0.2) is 12.8 Å². The fourth-order valence-electron chi connectivity index (χ4n) is 1.19. The van der Waals surface area contributed by atoms with Crippen molar-refractivity contribution in [3.05, 3.63) is 30.1 Å². The zero-order valence-corrected chi connectivity index (χ0v) is 10.5. The summed E-state index contributed by atoms with van der Waals surface area (Å²) in [6.07, 6.45) is 1.32. The van der Waals surface area contributed by atoms with Gasteiger partial charge in [-0.15, -0.1) is 0 Å². The predicted octanol–water partition coefficient (Wildman–Crippen LogP) is 2.77. The average molecular weight is 295 g/mol. The van der Waals surface area contributed by atoms with E-state index in [0.29, 0.717) is 6.42 Å². The van der Waals surface area contributed by atoms with Crippen molar-refractivity contribution in [2.75, 3.05) is 11.1 Å². The number of benzene rings is 1. The Kier molecular flexibility index (Phi) is 4.73. The molecule has 1 aromatic carbocycles. The Labute approximate surface area is 97.5 Å². The van der Waals surface area contributed by atoms with Gasteiger partial charge in [0, 0.05) is 5.33 Å². The van der Waals surface area contributed by atoms with Crippen molar-refractivity contribution in [2.45, 2.75) is 17.7 Å². The minimum atomic E-state index is -3.46. The van der Waals surface area contributed by atoms with E-state index in [1.54, 1.807) is 0 Å². The highest BCUT2D eigenvalue weighted by atomic mass is 79.9. The molecule has 0 aliphatic carbocycles. The molecule has 1 rings (SSSR count). The van der Waals surface area contributed by atoms with Gasteiger partial charge in [0.1, 0.15) is 10.7 Å². The molecule has 0 amide bonds. The van der Waals surface area contributed by atoms with E-state index < -0.39 is 15.7 Å². The van der Waals surface area contributed by atoms with Crippen molar-refractivity contribution in [1.29, 1.82) is 0 Å². The standard InChI is InChI=1S/C10H12BrFO2S/c11-7-3-4-8-15(13,14)10-6-2-1-5-9(10)12/h1-2,5-6H,3-4,7-8H2. The highest BCUT2D eigenvalue weighted by molar-refractivity contribution is 9.09. The molecule has 15 heavy (non-hydrogen) atoms. The van der Waals surface area contributed by atoms with Gasteiger partial charge in [-0.3, -0.25) is 0 Å². The Morgan fingerprint density at radius 3 is 2.47 bits per heavy atom. The Morgan fingerprint density at radius 1 is 1.20 bits per heavy atom. The van der Waals surface area contributed by atoms with Crippen LogP contribution in [0.3, 0.4) is 0 Å². The van der Waals surface area contributed by atoms with Gasteiger partial charge in [0.25, 0.3) is 0 Å². The van der Waals surface area contributed by atoms with Crippen LogP contribution in [0.15, 0.2) is 29.2 Å². The lowest BCUT2D eigenvalue weighted by atomic mass is 10.3. The zero-order valence-electron chi connectivity index (χ0n) is 8.12. The first-order chi connectivity index (χ1) is 7.08. The summed E-state index contributed by atoms with van der Waals surface area (Å²) in [6, 6.07) is 5.48. The summed E-state index contributed by atoms with van der Waals surface area (Å²) in [5.41, 5.74) is 0. The maximum Gasteiger partial charge on any atom is 0.181 e. The summed E-state index contributed by atoms with van der Waals surface area (Å²) in [7, 11) is -3.46. The molecule has 0 radical (unpaired) electrons. The second-order valence-electron chi connectivity index (χ2n) is 3.15. The van der Waals surface area contributed by atoms with E-state index in [1.807, 2.05) is 0 Å². The van der Waals surface area contributed by atoms with Crippen LogP contribution in [0.25, 0.3) is 0 Å². The Hall–Kier alpha value is -0.420. The number of hydrogen-bond acceptors (Lipinski definition) is 2. The first-order valence-corrected chi connectivity index (χ1v) is 7.38. The van der Waals surface area contributed by atoms with Crippen LogP contribution in [0.1, 0.15) is 12.8 Å².